The van der Waals surface area contributed by atoms with Gasteiger partial charge in [0, 0.05) is 18.7 Å². The molecule has 0 aromatic rings. The minimum Gasteiger partial charge on any atom is -0.396 e. The van der Waals surface area contributed by atoms with Crippen LogP contribution in [0.2, 0.25) is 0 Å². The highest BCUT2D eigenvalue weighted by molar-refractivity contribution is 5.81. The topological polar surface area (TPSA) is 61.4 Å². The van der Waals surface area contributed by atoms with Crippen LogP contribution in [-0.4, -0.2) is 35.7 Å². The van der Waals surface area contributed by atoms with Crippen LogP contribution in [0.1, 0.15) is 59.3 Å². The average Bonchev–Trinajstić information content (AvgIpc) is 2.39. The van der Waals surface area contributed by atoms with Gasteiger partial charge in [-0.05, 0) is 39.0 Å². The molecule has 0 aromatic heterocycles. The van der Waals surface area contributed by atoms with Crippen molar-refractivity contribution in [2.24, 2.45) is 5.92 Å². The van der Waals surface area contributed by atoms with E-state index < -0.39 is 0 Å². The number of rotatable bonds is 7. The third-order valence-corrected chi connectivity index (χ3v) is 4.11. The Morgan fingerprint density at radius 3 is 2.63 bits per heavy atom. The van der Waals surface area contributed by atoms with Gasteiger partial charge in [-0.1, -0.05) is 26.2 Å². The normalized spacial score (nSPS) is 26.7. The predicted octanol–water partition coefficient (Wildman–Crippen LogP) is 1.82. The highest BCUT2D eigenvalue weighted by Gasteiger charge is 2.27. The van der Waals surface area contributed by atoms with Gasteiger partial charge in [-0.15, -0.1) is 0 Å². The summed E-state index contributed by atoms with van der Waals surface area (Å²) in [4.78, 5) is 12.1. The van der Waals surface area contributed by atoms with Crippen LogP contribution < -0.4 is 10.6 Å². The van der Waals surface area contributed by atoms with Crippen LogP contribution in [0.3, 0.4) is 0 Å². The number of carbonyl (C=O) groups is 1. The first-order valence-electron chi connectivity index (χ1n) is 7.75. The Kier molecular flexibility index (Phi) is 7.39. The lowest BCUT2D eigenvalue weighted by atomic mass is 9.84. The fourth-order valence-electron chi connectivity index (χ4n) is 2.92. The lowest BCUT2D eigenvalue weighted by Crippen LogP contribution is -2.51. The Morgan fingerprint density at radius 1 is 1.32 bits per heavy atom. The van der Waals surface area contributed by atoms with Crippen molar-refractivity contribution >= 4 is 5.91 Å². The summed E-state index contributed by atoms with van der Waals surface area (Å²) in [5.74, 6) is 0.375. The maximum Gasteiger partial charge on any atom is 0.237 e. The SMILES string of the molecule is CCCC(C)NC(=O)C(C)NC1CCCCC1CO. The Labute approximate surface area is 117 Å². The van der Waals surface area contributed by atoms with Gasteiger partial charge < -0.3 is 15.7 Å². The number of aliphatic hydroxyl groups excluding tert-OH is 1. The number of amides is 1. The maximum atomic E-state index is 12.1. The molecular weight excluding hydrogens is 240 g/mol. The smallest absolute Gasteiger partial charge is 0.237 e. The molecule has 0 spiro atoms. The van der Waals surface area contributed by atoms with Crippen molar-refractivity contribution < 1.29 is 9.90 Å². The molecule has 3 N–H and O–H groups in total. The summed E-state index contributed by atoms with van der Waals surface area (Å²) in [6, 6.07) is 0.333. The Morgan fingerprint density at radius 2 is 2.00 bits per heavy atom. The van der Waals surface area contributed by atoms with Gasteiger partial charge in [0.1, 0.15) is 0 Å². The van der Waals surface area contributed by atoms with E-state index in [0.29, 0.717) is 5.92 Å². The van der Waals surface area contributed by atoms with Gasteiger partial charge >= 0.3 is 0 Å². The third kappa shape index (κ3) is 5.49. The second-order valence-electron chi connectivity index (χ2n) is 5.92. The van der Waals surface area contributed by atoms with Crippen molar-refractivity contribution in [3.8, 4) is 0 Å². The van der Waals surface area contributed by atoms with Crippen LogP contribution in [-0.2, 0) is 4.79 Å². The lowest BCUT2D eigenvalue weighted by molar-refractivity contribution is -0.123. The van der Waals surface area contributed by atoms with Gasteiger partial charge in [0.15, 0.2) is 0 Å². The zero-order valence-corrected chi connectivity index (χ0v) is 12.6. The van der Waals surface area contributed by atoms with E-state index in [1.807, 2.05) is 13.8 Å². The molecule has 112 valence electrons. The van der Waals surface area contributed by atoms with Gasteiger partial charge in [-0.25, -0.2) is 0 Å². The zero-order valence-electron chi connectivity index (χ0n) is 12.6. The first-order chi connectivity index (χ1) is 9.08. The van der Waals surface area contributed by atoms with E-state index in [-0.39, 0.29) is 30.6 Å². The quantitative estimate of drug-likeness (QED) is 0.661. The minimum atomic E-state index is -0.184. The van der Waals surface area contributed by atoms with Gasteiger partial charge in [0.2, 0.25) is 5.91 Å². The molecule has 1 fully saturated rings. The zero-order chi connectivity index (χ0) is 14.3. The van der Waals surface area contributed by atoms with Crippen molar-refractivity contribution in [3.05, 3.63) is 0 Å². The van der Waals surface area contributed by atoms with Crippen molar-refractivity contribution in [3.63, 3.8) is 0 Å². The van der Waals surface area contributed by atoms with E-state index in [2.05, 4.69) is 17.6 Å². The largest absolute Gasteiger partial charge is 0.396 e. The van der Waals surface area contributed by atoms with E-state index >= 15 is 0 Å². The Balaban J connectivity index is 2.39. The summed E-state index contributed by atoms with van der Waals surface area (Å²) in [6.45, 7) is 6.30. The first kappa shape index (κ1) is 16.4. The number of carbonyl (C=O) groups excluding carboxylic acids is 1. The van der Waals surface area contributed by atoms with Gasteiger partial charge in [0.05, 0.1) is 6.04 Å². The molecule has 1 saturated carbocycles. The van der Waals surface area contributed by atoms with E-state index in [9.17, 15) is 9.90 Å². The maximum absolute atomic E-state index is 12.1. The molecule has 4 unspecified atom stereocenters. The van der Waals surface area contributed by atoms with Crippen molar-refractivity contribution in [2.75, 3.05) is 6.61 Å². The second kappa shape index (κ2) is 8.54. The molecule has 4 nitrogen and oxygen atoms in total. The summed E-state index contributed by atoms with van der Waals surface area (Å²) in [7, 11) is 0. The minimum absolute atomic E-state index is 0.0724. The summed E-state index contributed by atoms with van der Waals surface area (Å²) in [5.41, 5.74) is 0. The molecule has 1 amide bonds. The van der Waals surface area contributed by atoms with Gasteiger partial charge in [0.25, 0.3) is 0 Å². The number of hydrogen-bond acceptors (Lipinski definition) is 3. The van der Waals surface area contributed by atoms with E-state index in [0.717, 1.165) is 25.7 Å². The first-order valence-corrected chi connectivity index (χ1v) is 7.75. The van der Waals surface area contributed by atoms with Crippen molar-refractivity contribution in [2.45, 2.75) is 77.4 Å². The molecule has 19 heavy (non-hydrogen) atoms. The van der Waals surface area contributed by atoms with Crippen LogP contribution in [0, 0.1) is 5.92 Å². The summed E-state index contributed by atoms with van der Waals surface area (Å²) in [5, 5.41) is 15.8. The third-order valence-electron chi connectivity index (χ3n) is 4.11. The molecule has 4 heteroatoms. The average molecular weight is 270 g/mol. The van der Waals surface area contributed by atoms with Crippen LogP contribution >= 0.6 is 0 Å². The fraction of sp³-hybridized carbons (Fsp3) is 0.933. The molecule has 0 bridgehead atoms. The highest BCUT2D eigenvalue weighted by Crippen LogP contribution is 2.24. The molecular formula is C15H30N2O2. The molecule has 4 atom stereocenters. The molecule has 0 heterocycles. The summed E-state index contributed by atoms with van der Waals surface area (Å²) >= 11 is 0. The van der Waals surface area contributed by atoms with Crippen LogP contribution in [0.25, 0.3) is 0 Å². The Bertz CT molecular complexity index is 271. The van der Waals surface area contributed by atoms with Gasteiger partial charge in [-0.3, -0.25) is 4.79 Å². The van der Waals surface area contributed by atoms with Crippen molar-refractivity contribution in [1.82, 2.24) is 10.6 Å². The molecule has 1 aliphatic carbocycles. The monoisotopic (exact) mass is 270 g/mol. The van der Waals surface area contributed by atoms with Crippen LogP contribution in [0.4, 0.5) is 0 Å². The highest BCUT2D eigenvalue weighted by atomic mass is 16.3. The Hall–Kier alpha value is -0.610. The van der Waals surface area contributed by atoms with Crippen LogP contribution in [0.5, 0.6) is 0 Å². The van der Waals surface area contributed by atoms with E-state index in [4.69, 9.17) is 0 Å². The fourth-order valence-corrected chi connectivity index (χ4v) is 2.92. The standard InChI is InChI=1S/C15H30N2O2/c1-4-7-11(2)16-15(19)12(3)17-14-9-6-5-8-13(14)10-18/h11-14,17-18H,4-10H2,1-3H3,(H,16,19). The second-order valence-corrected chi connectivity index (χ2v) is 5.92. The predicted molar refractivity (Wildman–Crippen MR) is 77.9 cm³/mol. The lowest BCUT2D eigenvalue weighted by Gasteiger charge is -2.33. The number of hydrogen-bond donors (Lipinski definition) is 3. The molecule has 1 rings (SSSR count). The van der Waals surface area contributed by atoms with Gasteiger partial charge in [-0.2, -0.15) is 0 Å². The van der Waals surface area contributed by atoms with Crippen molar-refractivity contribution in [1.29, 1.82) is 0 Å². The van der Waals surface area contributed by atoms with E-state index in [1.165, 1.54) is 12.8 Å². The summed E-state index contributed by atoms with van der Waals surface area (Å²) < 4.78 is 0. The van der Waals surface area contributed by atoms with E-state index in [1.54, 1.807) is 0 Å². The molecule has 0 aromatic carbocycles. The molecule has 0 aliphatic heterocycles. The summed E-state index contributed by atoms with van der Waals surface area (Å²) in [6.07, 6.45) is 6.61. The number of nitrogens with one attached hydrogen (secondary N) is 2. The molecule has 0 saturated heterocycles. The number of aliphatic hydroxyl groups is 1. The molecule has 0 radical (unpaired) electrons. The molecule has 1 aliphatic rings. The van der Waals surface area contributed by atoms with Crippen LogP contribution in [0.15, 0.2) is 0 Å².